The van der Waals surface area contributed by atoms with Gasteiger partial charge in [0.2, 0.25) is 0 Å². The Kier molecular flexibility index (Phi) is 8.20. The van der Waals surface area contributed by atoms with E-state index >= 15 is 0 Å². The minimum absolute atomic E-state index is 0.0545. The maximum atomic E-state index is 12.3. The van der Waals surface area contributed by atoms with Crippen molar-refractivity contribution >= 4 is 7.82 Å². The lowest BCUT2D eigenvalue weighted by atomic mass is 10.2. The number of phosphoric ester groups is 1. The molecular weight excluding hydrogens is 307 g/mol. The fourth-order valence-electron chi connectivity index (χ4n) is 1.65. The summed E-state index contributed by atoms with van der Waals surface area (Å²) in [4.78, 5) is 0. The quantitative estimate of drug-likeness (QED) is 0.452. The molecule has 0 aliphatic carbocycles. The Morgan fingerprint density at radius 1 is 1.09 bits per heavy atom. The molecule has 0 spiro atoms. The van der Waals surface area contributed by atoms with Crippen LogP contribution in [0.15, 0.2) is 30.9 Å². The zero-order valence-corrected chi connectivity index (χ0v) is 14.1. The van der Waals surface area contributed by atoms with Gasteiger partial charge in [-0.05, 0) is 31.5 Å². The highest BCUT2D eigenvalue weighted by atomic mass is 31.2. The largest absolute Gasteiger partial charge is 0.497 e. The molecule has 0 N–H and O–H groups in total. The molecule has 1 rings (SSSR count). The molecule has 0 aromatic heterocycles. The van der Waals surface area contributed by atoms with E-state index in [0.717, 1.165) is 5.56 Å². The number of hydrogen-bond donors (Lipinski definition) is 0. The Morgan fingerprint density at radius 3 is 2.27 bits per heavy atom. The third kappa shape index (κ3) is 6.20. The van der Waals surface area contributed by atoms with Gasteiger partial charge in [0.15, 0.2) is 0 Å². The lowest BCUT2D eigenvalue weighted by molar-refractivity contribution is 0.116. The molecule has 0 saturated heterocycles. The molecule has 0 aliphatic rings. The first-order valence-corrected chi connectivity index (χ1v) is 8.48. The van der Waals surface area contributed by atoms with E-state index in [-0.39, 0.29) is 19.8 Å². The fraction of sp³-hybridized carbons (Fsp3) is 0.467. The van der Waals surface area contributed by atoms with Crippen LogP contribution in [0, 0.1) is 0 Å². The third-order valence-electron chi connectivity index (χ3n) is 2.51. The summed E-state index contributed by atoms with van der Waals surface area (Å²) in [5.41, 5.74) is 0.734. The first-order valence-electron chi connectivity index (χ1n) is 7.02. The van der Waals surface area contributed by atoms with E-state index in [2.05, 4.69) is 6.58 Å². The summed E-state index contributed by atoms with van der Waals surface area (Å²) in [6.45, 7) is 7.96. The highest BCUT2D eigenvalue weighted by Gasteiger charge is 2.25. The van der Waals surface area contributed by atoms with Gasteiger partial charge in [-0.3, -0.25) is 13.6 Å². The lowest BCUT2D eigenvalue weighted by Gasteiger charge is -2.17. The summed E-state index contributed by atoms with van der Waals surface area (Å²) >= 11 is 0. The highest BCUT2D eigenvalue weighted by molar-refractivity contribution is 7.48. The van der Waals surface area contributed by atoms with Crippen LogP contribution in [0.2, 0.25) is 0 Å². The van der Waals surface area contributed by atoms with Crippen LogP contribution in [-0.2, 0) is 24.7 Å². The van der Waals surface area contributed by atoms with Crippen molar-refractivity contribution in [1.29, 1.82) is 0 Å². The lowest BCUT2D eigenvalue weighted by Crippen LogP contribution is -2.01. The predicted octanol–water partition coefficient (Wildman–Crippen LogP) is 3.96. The minimum Gasteiger partial charge on any atom is -0.497 e. The van der Waals surface area contributed by atoms with E-state index < -0.39 is 7.82 Å². The van der Waals surface area contributed by atoms with Crippen LogP contribution < -0.4 is 9.47 Å². The van der Waals surface area contributed by atoms with Crippen LogP contribution in [0.5, 0.6) is 11.5 Å². The monoisotopic (exact) mass is 330 g/mol. The van der Waals surface area contributed by atoms with Crippen molar-refractivity contribution in [3.05, 3.63) is 36.4 Å². The van der Waals surface area contributed by atoms with Gasteiger partial charge in [-0.1, -0.05) is 12.7 Å². The van der Waals surface area contributed by atoms with E-state index in [1.54, 1.807) is 45.2 Å². The second-order valence-corrected chi connectivity index (χ2v) is 5.84. The summed E-state index contributed by atoms with van der Waals surface area (Å²) in [6.07, 6.45) is 1.65. The zero-order valence-electron chi connectivity index (χ0n) is 13.2. The first kappa shape index (κ1) is 18.7. The molecule has 0 radical (unpaired) electrons. The van der Waals surface area contributed by atoms with Crippen LogP contribution in [0.4, 0.5) is 0 Å². The number of methoxy groups -OCH3 is 1. The standard InChI is InChI=1S/C15H23O6P/c1-5-8-18-15-10-13(9-14(11-15)17-4)12-21-22(16,19-6-2)20-7-3/h5,9-11H,1,6-8,12H2,2-4H3. The summed E-state index contributed by atoms with van der Waals surface area (Å²) in [7, 11) is -1.98. The molecule has 0 amide bonds. The molecule has 0 bridgehead atoms. The molecule has 0 aliphatic heterocycles. The van der Waals surface area contributed by atoms with Gasteiger partial charge in [-0.25, -0.2) is 4.57 Å². The first-order chi connectivity index (χ1) is 10.6. The van der Waals surface area contributed by atoms with Crippen molar-refractivity contribution in [2.45, 2.75) is 20.5 Å². The molecule has 0 saturated carbocycles. The van der Waals surface area contributed by atoms with Gasteiger partial charge in [0.05, 0.1) is 26.9 Å². The normalized spacial score (nSPS) is 11.2. The second kappa shape index (κ2) is 9.64. The summed E-state index contributed by atoms with van der Waals surface area (Å²) < 4.78 is 38.4. The van der Waals surface area contributed by atoms with Gasteiger partial charge < -0.3 is 9.47 Å². The van der Waals surface area contributed by atoms with Crippen LogP contribution in [-0.4, -0.2) is 26.9 Å². The Labute approximate surface area is 131 Å². The van der Waals surface area contributed by atoms with E-state index in [4.69, 9.17) is 23.0 Å². The van der Waals surface area contributed by atoms with Crippen LogP contribution >= 0.6 is 7.82 Å². The van der Waals surface area contributed by atoms with Gasteiger partial charge >= 0.3 is 7.82 Å². The Bertz CT molecular complexity index is 507. The van der Waals surface area contributed by atoms with E-state index in [1.165, 1.54) is 0 Å². The molecule has 0 fully saturated rings. The van der Waals surface area contributed by atoms with Crippen LogP contribution in [0.1, 0.15) is 19.4 Å². The van der Waals surface area contributed by atoms with Crippen LogP contribution in [0.25, 0.3) is 0 Å². The van der Waals surface area contributed by atoms with Crippen molar-refractivity contribution in [2.75, 3.05) is 26.9 Å². The van der Waals surface area contributed by atoms with Crippen molar-refractivity contribution in [3.8, 4) is 11.5 Å². The average Bonchev–Trinajstić information content (AvgIpc) is 2.51. The number of phosphoric acid groups is 1. The molecule has 0 heterocycles. The minimum atomic E-state index is -3.54. The van der Waals surface area contributed by atoms with Crippen molar-refractivity contribution in [3.63, 3.8) is 0 Å². The van der Waals surface area contributed by atoms with Crippen LogP contribution in [0.3, 0.4) is 0 Å². The molecule has 22 heavy (non-hydrogen) atoms. The Hall–Kier alpha value is -1.33. The SMILES string of the molecule is C=CCOc1cc(COP(=O)(OCC)OCC)cc(OC)c1. The molecule has 0 atom stereocenters. The topological polar surface area (TPSA) is 63.2 Å². The van der Waals surface area contributed by atoms with Crippen molar-refractivity contribution in [2.24, 2.45) is 0 Å². The van der Waals surface area contributed by atoms with Gasteiger partial charge in [0.25, 0.3) is 0 Å². The Balaban J connectivity index is 2.82. The van der Waals surface area contributed by atoms with Gasteiger partial charge in [0.1, 0.15) is 18.1 Å². The second-order valence-electron chi connectivity index (χ2n) is 4.17. The van der Waals surface area contributed by atoms with Gasteiger partial charge in [-0.15, -0.1) is 0 Å². The molecule has 124 valence electrons. The maximum Gasteiger partial charge on any atom is 0.475 e. The van der Waals surface area contributed by atoms with Gasteiger partial charge in [-0.2, -0.15) is 0 Å². The maximum absolute atomic E-state index is 12.3. The number of hydrogen-bond acceptors (Lipinski definition) is 6. The summed E-state index contributed by atoms with van der Waals surface area (Å²) in [6, 6.07) is 5.29. The molecule has 0 unspecified atom stereocenters. The zero-order chi connectivity index (χ0) is 16.4. The smallest absolute Gasteiger partial charge is 0.475 e. The molecule has 7 heteroatoms. The van der Waals surface area contributed by atoms with Crippen molar-refractivity contribution < 1.29 is 27.6 Å². The molecule has 1 aromatic carbocycles. The fourth-order valence-corrected chi connectivity index (χ4v) is 2.82. The summed E-state index contributed by atoms with van der Waals surface area (Å²) in [5, 5.41) is 0. The van der Waals surface area contributed by atoms with E-state index in [1.807, 2.05) is 0 Å². The summed E-state index contributed by atoms with van der Waals surface area (Å²) in [5.74, 6) is 1.23. The van der Waals surface area contributed by atoms with Crippen molar-refractivity contribution in [1.82, 2.24) is 0 Å². The average molecular weight is 330 g/mol. The number of rotatable bonds is 11. The number of benzene rings is 1. The molecular formula is C15H23O6P. The molecule has 6 nitrogen and oxygen atoms in total. The van der Waals surface area contributed by atoms with Gasteiger partial charge in [0, 0.05) is 6.07 Å². The highest BCUT2D eigenvalue weighted by Crippen LogP contribution is 2.50. The third-order valence-corrected chi connectivity index (χ3v) is 4.10. The number of ether oxygens (including phenoxy) is 2. The molecule has 1 aromatic rings. The van der Waals surface area contributed by atoms with E-state index in [0.29, 0.717) is 18.1 Å². The Morgan fingerprint density at radius 2 is 1.73 bits per heavy atom. The van der Waals surface area contributed by atoms with E-state index in [9.17, 15) is 4.57 Å². The predicted molar refractivity (Wildman–Crippen MR) is 84.3 cm³/mol.